The summed E-state index contributed by atoms with van der Waals surface area (Å²) < 4.78 is 28.9. The summed E-state index contributed by atoms with van der Waals surface area (Å²) in [5, 5.41) is 3.28. The molecular formula is C25H24BrCl2N3O4S. The number of carbonyl (C=O) groups excluding carboxylic acids is 2. The van der Waals surface area contributed by atoms with Crippen LogP contribution in [0.2, 0.25) is 10.0 Å². The molecule has 2 amide bonds. The molecule has 36 heavy (non-hydrogen) atoms. The van der Waals surface area contributed by atoms with Crippen molar-refractivity contribution < 1.29 is 18.0 Å². The minimum atomic E-state index is -4.12. The summed E-state index contributed by atoms with van der Waals surface area (Å²) in [5.41, 5.74) is 0.851. The quantitative estimate of drug-likeness (QED) is 0.364. The topological polar surface area (TPSA) is 86.8 Å². The van der Waals surface area contributed by atoms with E-state index in [4.69, 9.17) is 23.2 Å². The molecule has 1 atom stereocenters. The van der Waals surface area contributed by atoms with Crippen molar-refractivity contribution in [1.82, 2.24) is 10.2 Å². The Labute approximate surface area is 229 Å². The Morgan fingerprint density at radius 2 is 1.69 bits per heavy atom. The maximum Gasteiger partial charge on any atom is 0.264 e. The van der Waals surface area contributed by atoms with Gasteiger partial charge in [0.15, 0.2) is 0 Å². The fourth-order valence-electron chi connectivity index (χ4n) is 3.50. The Balaban J connectivity index is 2.04. The van der Waals surface area contributed by atoms with Gasteiger partial charge in [0.1, 0.15) is 12.6 Å². The molecule has 0 bridgehead atoms. The second kappa shape index (κ2) is 12.1. The molecule has 3 aromatic rings. The van der Waals surface area contributed by atoms with E-state index in [2.05, 4.69) is 21.2 Å². The van der Waals surface area contributed by atoms with E-state index in [9.17, 15) is 18.0 Å². The van der Waals surface area contributed by atoms with E-state index in [1.54, 1.807) is 67.6 Å². The van der Waals surface area contributed by atoms with Crippen molar-refractivity contribution in [2.24, 2.45) is 0 Å². The fraction of sp³-hybridized carbons (Fsp3) is 0.200. The zero-order valence-corrected chi connectivity index (χ0v) is 23.4. The predicted octanol–water partition coefficient (Wildman–Crippen LogP) is 5.11. The van der Waals surface area contributed by atoms with Crippen LogP contribution in [-0.4, -0.2) is 44.8 Å². The molecule has 190 valence electrons. The van der Waals surface area contributed by atoms with Gasteiger partial charge in [-0.1, -0.05) is 69.5 Å². The highest BCUT2D eigenvalue weighted by Gasteiger charge is 2.32. The summed E-state index contributed by atoms with van der Waals surface area (Å²) >= 11 is 15.7. The lowest BCUT2D eigenvalue weighted by atomic mass is 10.1. The normalized spacial score (nSPS) is 12.0. The van der Waals surface area contributed by atoms with Gasteiger partial charge in [-0.25, -0.2) is 8.42 Å². The van der Waals surface area contributed by atoms with Gasteiger partial charge in [0.25, 0.3) is 10.0 Å². The molecule has 0 heterocycles. The van der Waals surface area contributed by atoms with Crippen LogP contribution < -0.4 is 9.62 Å². The Morgan fingerprint density at radius 1 is 1.00 bits per heavy atom. The summed E-state index contributed by atoms with van der Waals surface area (Å²) in [4.78, 5) is 27.5. The molecule has 11 heteroatoms. The molecular weight excluding hydrogens is 589 g/mol. The number of rotatable bonds is 9. The van der Waals surface area contributed by atoms with Crippen LogP contribution in [0.1, 0.15) is 12.5 Å². The number of likely N-dealkylation sites (N-methyl/N-ethyl adjacent to an activating group) is 1. The molecule has 0 fully saturated rings. The van der Waals surface area contributed by atoms with Crippen molar-refractivity contribution in [1.29, 1.82) is 0 Å². The second-order valence-corrected chi connectivity index (χ2v) is 11.5. The molecule has 3 rings (SSSR count). The highest BCUT2D eigenvalue weighted by Crippen LogP contribution is 2.28. The van der Waals surface area contributed by atoms with E-state index < -0.39 is 34.4 Å². The lowest BCUT2D eigenvalue weighted by Crippen LogP contribution is -2.50. The summed E-state index contributed by atoms with van der Waals surface area (Å²) in [6.45, 7) is 0.997. The molecule has 0 aliphatic carbocycles. The molecule has 0 radical (unpaired) electrons. The Bertz CT molecular complexity index is 1360. The Morgan fingerprint density at radius 3 is 2.31 bits per heavy atom. The third-order valence-corrected chi connectivity index (χ3v) is 8.34. The number of anilines is 1. The average Bonchev–Trinajstić information content (AvgIpc) is 2.86. The van der Waals surface area contributed by atoms with Gasteiger partial charge in [0.2, 0.25) is 11.8 Å². The predicted molar refractivity (Wildman–Crippen MR) is 146 cm³/mol. The van der Waals surface area contributed by atoms with Crippen molar-refractivity contribution in [3.63, 3.8) is 0 Å². The van der Waals surface area contributed by atoms with Gasteiger partial charge in [-0.15, -0.1) is 0 Å². The number of benzene rings is 3. The smallest absolute Gasteiger partial charge is 0.264 e. The third-order valence-electron chi connectivity index (χ3n) is 5.48. The Hall–Kier alpha value is -2.59. The summed E-state index contributed by atoms with van der Waals surface area (Å²) in [5.74, 6) is -0.995. The minimum absolute atomic E-state index is 0.0267. The first-order valence-electron chi connectivity index (χ1n) is 10.8. The zero-order chi connectivity index (χ0) is 26.5. The summed E-state index contributed by atoms with van der Waals surface area (Å²) in [7, 11) is -2.65. The van der Waals surface area contributed by atoms with Gasteiger partial charge in [-0.2, -0.15) is 0 Å². The van der Waals surface area contributed by atoms with Crippen molar-refractivity contribution in [2.45, 2.75) is 24.4 Å². The van der Waals surface area contributed by atoms with E-state index in [0.717, 1.165) is 4.31 Å². The number of halogens is 3. The second-order valence-electron chi connectivity index (χ2n) is 7.85. The first kappa shape index (κ1) is 28.0. The molecule has 1 N–H and O–H groups in total. The van der Waals surface area contributed by atoms with E-state index in [1.165, 1.54) is 24.1 Å². The summed E-state index contributed by atoms with van der Waals surface area (Å²) in [6, 6.07) is 18.4. The van der Waals surface area contributed by atoms with Crippen molar-refractivity contribution in [3.05, 3.63) is 92.9 Å². The van der Waals surface area contributed by atoms with Crippen LogP contribution >= 0.6 is 39.1 Å². The molecule has 7 nitrogen and oxygen atoms in total. The van der Waals surface area contributed by atoms with Gasteiger partial charge in [0.05, 0.1) is 10.6 Å². The number of nitrogens with one attached hydrogen (secondary N) is 1. The fourth-order valence-corrected chi connectivity index (χ4v) is 5.79. The molecule has 0 aliphatic heterocycles. The molecule has 3 aromatic carbocycles. The number of amides is 2. The molecule has 0 aliphatic rings. The summed E-state index contributed by atoms with van der Waals surface area (Å²) in [6.07, 6.45) is 0. The van der Waals surface area contributed by atoms with Gasteiger partial charge in [0, 0.05) is 28.1 Å². The van der Waals surface area contributed by atoms with E-state index in [1.807, 2.05) is 0 Å². The standard InChI is InChI=1S/C25H24BrCl2N3O4S/c1-17(25(33)29-2)30(15-18-11-12-20(27)14-23(18)28)24(32)16-31(21-8-6-7-19(26)13-21)36(34,35)22-9-4-3-5-10-22/h3-14,17H,15-16H2,1-2H3,(H,29,33)/t17-/m1/s1. The van der Waals surface area contributed by atoms with Crippen LogP contribution in [0.4, 0.5) is 5.69 Å². The maximum absolute atomic E-state index is 13.7. The molecule has 0 spiro atoms. The van der Waals surface area contributed by atoms with Gasteiger partial charge < -0.3 is 10.2 Å². The van der Waals surface area contributed by atoms with Crippen LogP contribution in [0.15, 0.2) is 82.2 Å². The number of carbonyl (C=O) groups is 2. The van der Waals surface area contributed by atoms with Gasteiger partial charge in [-0.05, 0) is 55.0 Å². The zero-order valence-electron chi connectivity index (χ0n) is 19.5. The van der Waals surface area contributed by atoms with Crippen LogP contribution in [0, 0.1) is 0 Å². The highest BCUT2D eigenvalue weighted by atomic mass is 79.9. The monoisotopic (exact) mass is 611 g/mol. The Kier molecular flexibility index (Phi) is 9.41. The molecule has 0 saturated heterocycles. The molecule has 0 aromatic heterocycles. The number of sulfonamides is 1. The third kappa shape index (κ3) is 6.59. The SMILES string of the molecule is CNC(=O)[C@@H](C)N(Cc1ccc(Cl)cc1Cl)C(=O)CN(c1cccc(Br)c1)S(=O)(=O)c1ccccc1. The van der Waals surface area contributed by atoms with Crippen molar-refractivity contribution in [2.75, 3.05) is 17.9 Å². The van der Waals surface area contributed by atoms with Gasteiger partial charge >= 0.3 is 0 Å². The van der Waals surface area contributed by atoms with Crippen molar-refractivity contribution >= 4 is 66.7 Å². The van der Waals surface area contributed by atoms with Crippen molar-refractivity contribution in [3.8, 4) is 0 Å². The number of hydrogen-bond donors (Lipinski definition) is 1. The lowest BCUT2D eigenvalue weighted by Gasteiger charge is -2.32. The lowest BCUT2D eigenvalue weighted by molar-refractivity contribution is -0.139. The van der Waals surface area contributed by atoms with Crippen LogP contribution in [0.5, 0.6) is 0 Å². The van der Waals surface area contributed by atoms with Crippen LogP contribution in [-0.2, 0) is 26.2 Å². The van der Waals surface area contributed by atoms with E-state index in [0.29, 0.717) is 25.8 Å². The number of hydrogen-bond acceptors (Lipinski definition) is 4. The van der Waals surface area contributed by atoms with Crippen LogP contribution in [0.25, 0.3) is 0 Å². The maximum atomic E-state index is 13.7. The first-order chi connectivity index (χ1) is 17.0. The molecule has 0 saturated carbocycles. The first-order valence-corrected chi connectivity index (χ1v) is 13.8. The van der Waals surface area contributed by atoms with Gasteiger partial charge in [-0.3, -0.25) is 13.9 Å². The minimum Gasteiger partial charge on any atom is -0.357 e. The average molecular weight is 613 g/mol. The van der Waals surface area contributed by atoms with Crippen LogP contribution in [0.3, 0.4) is 0 Å². The highest BCUT2D eigenvalue weighted by molar-refractivity contribution is 9.10. The van der Waals surface area contributed by atoms with E-state index in [-0.39, 0.29) is 11.4 Å². The number of nitrogens with zero attached hydrogens (tertiary/aromatic N) is 2. The largest absolute Gasteiger partial charge is 0.357 e. The van der Waals surface area contributed by atoms with E-state index >= 15 is 0 Å². The molecule has 0 unspecified atom stereocenters.